The molecule has 1 rings (SSSR count). The molecule has 7 heteroatoms. The van der Waals surface area contributed by atoms with Gasteiger partial charge in [-0.2, -0.15) is 13.2 Å². The second-order valence-electron chi connectivity index (χ2n) is 3.36. The van der Waals surface area contributed by atoms with E-state index in [1.165, 1.54) is 0 Å². The summed E-state index contributed by atoms with van der Waals surface area (Å²) in [6.07, 6.45) is -4.22. The number of nitrogens with one attached hydrogen (secondary N) is 1. The number of carbonyl (C=O) groups is 1. The first-order chi connectivity index (χ1) is 6.90. The van der Waals surface area contributed by atoms with Crippen molar-refractivity contribution in [3.8, 4) is 0 Å². The van der Waals surface area contributed by atoms with Crippen molar-refractivity contribution in [3.63, 3.8) is 0 Å². The van der Waals surface area contributed by atoms with Crippen LogP contribution in [-0.2, 0) is 9.47 Å². The molecule has 0 aromatic carbocycles. The molecule has 0 aliphatic heterocycles. The van der Waals surface area contributed by atoms with E-state index in [9.17, 15) is 18.0 Å². The second kappa shape index (κ2) is 4.69. The van der Waals surface area contributed by atoms with Gasteiger partial charge in [0.1, 0.15) is 0 Å². The molecule has 88 valence electrons. The van der Waals surface area contributed by atoms with E-state index in [0.29, 0.717) is 12.8 Å². The Morgan fingerprint density at radius 3 is 2.53 bits per heavy atom. The van der Waals surface area contributed by atoms with E-state index in [1.54, 1.807) is 7.11 Å². The Morgan fingerprint density at radius 1 is 1.47 bits per heavy atom. The van der Waals surface area contributed by atoms with Crippen LogP contribution in [0.2, 0.25) is 0 Å². The van der Waals surface area contributed by atoms with Gasteiger partial charge in [-0.05, 0) is 12.8 Å². The predicted molar refractivity (Wildman–Crippen MR) is 44.4 cm³/mol. The van der Waals surface area contributed by atoms with Gasteiger partial charge in [0, 0.05) is 13.2 Å². The van der Waals surface area contributed by atoms with Crippen molar-refractivity contribution >= 4 is 6.09 Å². The zero-order valence-electron chi connectivity index (χ0n) is 8.13. The summed E-state index contributed by atoms with van der Waals surface area (Å²) >= 11 is 0. The Labute approximate surface area is 84.7 Å². The molecule has 4 nitrogen and oxygen atoms in total. The molecule has 0 radical (unpaired) electrons. The first-order valence-electron chi connectivity index (χ1n) is 4.43. The third kappa shape index (κ3) is 4.37. The molecule has 0 heterocycles. The van der Waals surface area contributed by atoms with Crippen LogP contribution in [0.5, 0.6) is 0 Å². The van der Waals surface area contributed by atoms with Gasteiger partial charge in [-0.15, -0.1) is 0 Å². The normalized spacial score (nSPS) is 25.6. The molecule has 0 saturated heterocycles. The summed E-state index contributed by atoms with van der Waals surface area (Å²) in [6, 6.07) is -0.143. The van der Waals surface area contributed by atoms with Gasteiger partial charge in [0.15, 0.2) is 6.61 Å². The Kier molecular flexibility index (Phi) is 3.78. The highest BCUT2D eigenvalue weighted by Crippen LogP contribution is 2.22. The quantitative estimate of drug-likeness (QED) is 0.793. The molecule has 15 heavy (non-hydrogen) atoms. The highest BCUT2D eigenvalue weighted by Gasteiger charge is 2.33. The van der Waals surface area contributed by atoms with Crippen LogP contribution < -0.4 is 5.32 Å². The summed E-state index contributed by atoms with van der Waals surface area (Å²) in [6.45, 7) is -1.56. The molecular formula is C8H12F3NO3. The standard InChI is InChI=1S/C8H12F3NO3/c1-14-6-2-5(3-6)12-7(13)15-4-8(9,10)11/h5-6H,2-4H2,1H3,(H,12,13). The van der Waals surface area contributed by atoms with Crippen molar-refractivity contribution < 1.29 is 27.4 Å². The summed E-state index contributed by atoms with van der Waals surface area (Å²) in [7, 11) is 1.54. The molecule has 0 spiro atoms. The molecule has 1 saturated carbocycles. The third-order valence-electron chi connectivity index (χ3n) is 2.12. The molecule has 1 fully saturated rings. The van der Waals surface area contributed by atoms with Gasteiger partial charge in [0.25, 0.3) is 0 Å². The number of halogens is 3. The van der Waals surface area contributed by atoms with Crippen molar-refractivity contribution in [1.29, 1.82) is 0 Å². The number of hydrogen-bond acceptors (Lipinski definition) is 3. The number of carbonyl (C=O) groups excluding carboxylic acids is 1. The summed E-state index contributed by atoms with van der Waals surface area (Å²) < 4.78 is 43.8. The lowest BCUT2D eigenvalue weighted by Gasteiger charge is -2.34. The SMILES string of the molecule is COC1CC(NC(=O)OCC(F)(F)F)C1. The number of ether oxygens (including phenoxy) is 2. The van der Waals surface area contributed by atoms with E-state index in [0.717, 1.165) is 0 Å². The van der Waals surface area contributed by atoms with Crippen molar-refractivity contribution in [1.82, 2.24) is 5.32 Å². The maximum Gasteiger partial charge on any atom is 0.422 e. The van der Waals surface area contributed by atoms with Crippen LogP contribution in [0.3, 0.4) is 0 Å². The molecule has 0 atom stereocenters. The molecule has 0 unspecified atom stereocenters. The van der Waals surface area contributed by atoms with Gasteiger partial charge < -0.3 is 14.8 Å². The fourth-order valence-corrected chi connectivity index (χ4v) is 1.23. The van der Waals surface area contributed by atoms with E-state index >= 15 is 0 Å². The van der Waals surface area contributed by atoms with Gasteiger partial charge in [0.2, 0.25) is 0 Å². The lowest BCUT2D eigenvalue weighted by atomic mass is 9.89. The van der Waals surface area contributed by atoms with Gasteiger partial charge in [0.05, 0.1) is 6.10 Å². The fourth-order valence-electron chi connectivity index (χ4n) is 1.23. The number of alkyl halides is 3. The minimum absolute atomic E-state index is 0.0814. The first kappa shape index (κ1) is 12.1. The molecule has 0 bridgehead atoms. The largest absolute Gasteiger partial charge is 0.440 e. The van der Waals surface area contributed by atoms with Crippen LogP contribution in [0.25, 0.3) is 0 Å². The Hall–Kier alpha value is -0.980. The summed E-state index contributed by atoms with van der Waals surface area (Å²) in [5.41, 5.74) is 0. The van der Waals surface area contributed by atoms with Crippen LogP contribution in [0.15, 0.2) is 0 Å². The number of hydrogen-bond donors (Lipinski definition) is 1. The molecule has 1 aliphatic carbocycles. The van der Waals surface area contributed by atoms with Gasteiger partial charge in [-0.25, -0.2) is 4.79 Å². The summed E-state index contributed by atoms with van der Waals surface area (Å²) in [4.78, 5) is 10.8. The zero-order chi connectivity index (χ0) is 11.5. The van der Waals surface area contributed by atoms with Gasteiger partial charge >= 0.3 is 12.3 Å². The molecule has 0 aromatic rings. The average Bonchev–Trinajstić information content (AvgIpc) is 2.06. The minimum Gasteiger partial charge on any atom is -0.440 e. The molecule has 1 N–H and O–H groups in total. The van der Waals surface area contributed by atoms with E-state index in [-0.39, 0.29) is 12.1 Å². The highest BCUT2D eigenvalue weighted by atomic mass is 19.4. The van der Waals surface area contributed by atoms with Crippen LogP contribution >= 0.6 is 0 Å². The van der Waals surface area contributed by atoms with Crippen molar-refractivity contribution in [2.24, 2.45) is 0 Å². The van der Waals surface area contributed by atoms with Crippen molar-refractivity contribution in [3.05, 3.63) is 0 Å². The van der Waals surface area contributed by atoms with E-state index in [1.807, 2.05) is 0 Å². The maximum absolute atomic E-state index is 11.6. The van der Waals surface area contributed by atoms with Crippen LogP contribution in [0.1, 0.15) is 12.8 Å². The Balaban J connectivity index is 2.10. The zero-order valence-corrected chi connectivity index (χ0v) is 8.13. The van der Waals surface area contributed by atoms with Crippen molar-refractivity contribution in [2.45, 2.75) is 31.2 Å². The number of methoxy groups -OCH3 is 1. The van der Waals surface area contributed by atoms with E-state index < -0.39 is 18.9 Å². The topological polar surface area (TPSA) is 47.6 Å². The van der Waals surface area contributed by atoms with Crippen LogP contribution in [-0.4, -0.2) is 38.1 Å². The number of amides is 1. The maximum atomic E-state index is 11.6. The monoisotopic (exact) mass is 227 g/mol. The van der Waals surface area contributed by atoms with E-state index in [4.69, 9.17) is 4.74 Å². The van der Waals surface area contributed by atoms with Gasteiger partial charge in [-0.1, -0.05) is 0 Å². The fraction of sp³-hybridized carbons (Fsp3) is 0.875. The van der Waals surface area contributed by atoms with Crippen LogP contribution in [0.4, 0.5) is 18.0 Å². The average molecular weight is 227 g/mol. The smallest absolute Gasteiger partial charge is 0.422 e. The molecular weight excluding hydrogens is 215 g/mol. The minimum atomic E-state index is -4.48. The molecule has 1 aliphatic rings. The number of rotatable bonds is 3. The lowest BCUT2D eigenvalue weighted by Crippen LogP contribution is -2.48. The highest BCUT2D eigenvalue weighted by molar-refractivity contribution is 5.67. The van der Waals surface area contributed by atoms with Crippen LogP contribution in [0, 0.1) is 0 Å². The predicted octanol–water partition coefficient (Wildman–Crippen LogP) is 1.45. The first-order valence-corrected chi connectivity index (χ1v) is 4.43. The Bertz CT molecular complexity index is 226. The van der Waals surface area contributed by atoms with Gasteiger partial charge in [-0.3, -0.25) is 0 Å². The Morgan fingerprint density at radius 2 is 2.07 bits per heavy atom. The third-order valence-corrected chi connectivity index (χ3v) is 2.12. The lowest BCUT2D eigenvalue weighted by molar-refractivity contribution is -0.160. The molecule has 0 aromatic heterocycles. The summed E-state index contributed by atoms with van der Waals surface area (Å²) in [5.74, 6) is 0. The second-order valence-corrected chi connectivity index (χ2v) is 3.36. The van der Waals surface area contributed by atoms with E-state index in [2.05, 4.69) is 10.1 Å². The van der Waals surface area contributed by atoms with Crippen molar-refractivity contribution in [2.75, 3.05) is 13.7 Å². The number of alkyl carbamates (subject to hydrolysis) is 1. The summed E-state index contributed by atoms with van der Waals surface area (Å²) in [5, 5.41) is 2.31. The molecule has 1 amide bonds.